The van der Waals surface area contributed by atoms with Crippen molar-refractivity contribution in [3.05, 3.63) is 24.3 Å². The third-order valence-corrected chi connectivity index (χ3v) is 5.65. The SMILES string of the molecule is COc1ccccc1OCC(O)CN1CCN(CC(=O)N2CCN(C)CC2)CC1. The Kier molecular flexibility index (Phi) is 8.11. The van der Waals surface area contributed by atoms with Crippen LogP contribution in [0.15, 0.2) is 24.3 Å². The van der Waals surface area contributed by atoms with E-state index in [2.05, 4.69) is 21.7 Å². The Morgan fingerprint density at radius 2 is 1.62 bits per heavy atom. The summed E-state index contributed by atoms with van der Waals surface area (Å²) in [5, 5.41) is 10.3. The summed E-state index contributed by atoms with van der Waals surface area (Å²) in [4.78, 5) is 21.2. The summed E-state index contributed by atoms with van der Waals surface area (Å²) in [5.41, 5.74) is 0. The number of carbonyl (C=O) groups is 1. The van der Waals surface area contributed by atoms with Crippen LogP contribution < -0.4 is 9.47 Å². The molecular formula is C21H34N4O4. The van der Waals surface area contributed by atoms with Crippen molar-refractivity contribution in [2.24, 2.45) is 0 Å². The molecule has 3 rings (SSSR count). The number of carbonyl (C=O) groups excluding carboxylic acids is 1. The van der Waals surface area contributed by atoms with Crippen LogP contribution in [0.2, 0.25) is 0 Å². The fourth-order valence-electron chi connectivity index (χ4n) is 3.75. The number of para-hydroxylation sites is 2. The van der Waals surface area contributed by atoms with Gasteiger partial charge in [0.25, 0.3) is 0 Å². The maximum absolute atomic E-state index is 12.5. The van der Waals surface area contributed by atoms with Crippen molar-refractivity contribution >= 4 is 5.91 Å². The van der Waals surface area contributed by atoms with Gasteiger partial charge in [0.1, 0.15) is 12.7 Å². The van der Waals surface area contributed by atoms with Crippen LogP contribution in [0.25, 0.3) is 0 Å². The second-order valence-corrected chi connectivity index (χ2v) is 7.88. The molecule has 29 heavy (non-hydrogen) atoms. The molecule has 2 aliphatic rings. The summed E-state index contributed by atoms with van der Waals surface area (Å²) >= 11 is 0. The van der Waals surface area contributed by atoms with Crippen molar-refractivity contribution in [3.8, 4) is 11.5 Å². The van der Waals surface area contributed by atoms with Gasteiger partial charge in [-0.05, 0) is 19.2 Å². The molecule has 8 nitrogen and oxygen atoms in total. The van der Waals surface area contributed by atoms with Gasteiger partial charge in [-0.15, -0.1) is 0 Å². The molecule has 1 atom stereocenters. The fraction of sp³-hybridized carbons (Fsp3) is 0.667. The number of aliphatic hydroxyl groups is 1. The highest BCUT2D eigenvalue weighted by atomic mass is 16.5. The molecule has 8 heteroatoms. The van der Waals surface area contributed by atoms with E-state index in [0.29, 0.717) is 24.6 Å². The third-order valence-electron chi connectivity index (χ3n) is 5.65. The number of hydrogen-bond donors (Lipinski definition) is 1. The van der Waals surface area contributed by atoms with Crippen molar-refractivity contribution in [3.63, 3.8) is 0 Å². The first-order valence-corrected chi connectivity index (χ1v) is 10.4. The van der Waals surface area contributed by atoms with Crippen LogP contribution in [0.4, 0.5) is 0 Å². The van der Waals surface area contributed by atoms with E-state index < -0.39 is 6.10 Å². The van der Waals surface area contributed by atoms with Gasteiger partial charge in [0, 0.05) is 58.9 Å². The number of aliphatic hydroxyl groups excluding tert-OH is 1. The summed E-state index contributed by atoms with van der Waals surface area (Å²) < 4.78 is 11.0. The van der Waals surface area contributed by atoms with Crippen molar-refractivity contribution in [1.82, 2.24) is 19.6 Å². The average molecular weight is 407 g/mol. The molecule has 0 radical (unpaired) electrons. The zero-order chi connectivity index (χ0) is 20.6. The summed E-state index contributed by atoms with van der Waals surface area (Å²) in [6.45, 7) is 8.24. The Morgan fingerprint density at radius 1 is 1.00 bits per heavy atom. The van der Waals surface area contributed by atoms with Crippen molar-refractivity contribution in [1.29, 1.82) is 0 Å². The van der Waals surface area contributed by atoms with E-state index in [1.54, 1.807) is 7.11 Å². The summed E-state index contributed by atoms with van der Waals surface area (Å²) in [6.07, 6.45) is -0.571. The first-order valence-electron chi connectivity index (χ1n) is 10.4. The van der Waals surface area contributed by atoms with Gasteiger partial charge in [-0.2, -0.15) is 0 Å². The van der Waals surface area contributed by atoms with Crippen molar-refractivity contribution in [2.45, 2.75) is 6.10 Å². The maximum atomic E-state index is 12.5. The van der Waals surface area contributed by atoms with Crippen LogP contribution in [0.1, 0.15) is 0 Å². The Balaban J connectivity index is 1.34. The zero-order valence-electron chi connectivity index (χ0n) is 17.6. The van der Waals surface area contributed by atoms with Gasteiger partial charge in [-0.25, -0.2) is 0 Å². The van der Waals surface area contributed by atoms with Crippen molar-refractivity contribution < 1.29 is 19.4 Å². The molecule has 0 aromatic heterocycles. The van der Waals surface area contributed by atoms with E-state index in [1.807, 2.05) is 29.2 Å². The molecule has 1 unspecified atom stereocenters. The van der Waals surface area contributed by atoms with E-state index in [-0.39, 0.29) is 12.5 Å². The van der Waals surface area contributed by atoms with Crippen LogP contribution in [0.3, 0.4) is 0 Å². The monoisotopic (exact) mass is 406 g/mol. The molecule has 1 amide bonds. The van der Waals surface area contributed by atoms with Gasteiger partial charge in [-0.1, -0.05) is 12.1 Å². The molecule has 0 saturated carbocycles. The molecule has 2 aliphatic heterocycles. The van der Waals surface area contributed by atoms with Crippen LogP contribution in [0, 0.1) is 0 Å². The predicted octanol–water partition coefficient (Wildman–Crippen LogP) is -0.173. The Hall–Kier alpha value is -1.87. The lowest BCUT2D eigenvalue weighted by Gasteiger charge is -2.37. The molecule has 0 aliphatic carbocycles. The smallest absolute Gasteiger partial charge is 0.236 e. The minimum Gasteiger partial charge on any atom is -0.493 e. The summed E-state index contributed by atoms with van der Waals surface area (Å²) in [5.74, 6) is 1.54. The lowest BCUT2D eigenvalue weighted by atomic mass is 10.2. The lowest BCUT2D eigenvalue weighted by Crippen LogP contribution is -2.54. The molecule has 1 aromatic carbocycles. The molecular weight excluding hydrogens is 372 g/mol. The quantitative estimate of drug-likeness (QED) is 0.643. The van der Waals surface area contributed by atoms with Gasteiger partial charge in [0.2, 0.25) is 5.91 Å². The average Bonchev–Trinajstić information content (AvgIpc) is 2.74. The maximum Gasteiger partial charge on any atom is 0.236 e. The number of methoxy groups -OCH3 is 1. The van der Waals surface area contributed by atoms with Crippen molar-refractivity contribution in [2.75, 3.05) is 86.2 Å². The van der Waals surface area contributed by atoms with Gasteiger partial charge < -0.3 is 24.4 Å². The number of likely N-dealkylation sites (N-methyl/N-ethyl adjacent to an activating group) is 1. The minimum atomic E-state index is -0.571. The number of hydrogen-bond acceptors (Lipinski definition) is 7. The molecule has 0 bridgehead atoms. The number of benzene rings is 1. The third kappa shape index (κ3) is 6.57. The molecule has 162 valence electrons. The van der Waals surface area contributed by atoms with Crippen LogP contribution in [0.5, 0.6) is 11.5 Å². The fourth-order valence-corrected chi connectivity index (χ4v) is 3.75. The zero-order valence-corrected chi connectivity index (χ0v) is 17.6. The molecule has 2 fully saturated rings. The molecule has 2 heterocycles. The van der Waals surface area contributed by atoms with Gasteiger partial charge in [-0.3, -0.25) is 14.6 Å². The number of amides is 1. The molecule has 2 saturated heterocycles. The van der Waals surface area contributed by atoms with E-state index >= 15 is 0 Å². The molecule has 1 aromatic rings. The number of nitrogens with zero attached hydrogens (tertiary/aromatic N) is 4. The molecule has 1 N–H and O–H groups in total. The minimum absolute atomic E-state index is 0.225. The first kappa shape index (κ1) is 21.8. The topological polar surface area (TPSA) is 68.7 Å². The Bertz CT molecular complexity index is 643. The highest BCUT2D eigenvalue weighted by molar-refractivity contribution is 5.78. The Morgan fingerprint density at radius 3 is 2.28 bits per heavy atom. The number of piperazine rings is 2. The van der Waals surface area contributed by atoms with E-state index in [9.17, 15) is 9.90 Å². The summed E-state index contributed by atoms with van der Waals surface area (Å²) in [7, 11) is 3.70. The van der Waals surface area contributed by atoms with Gasteiger partial charge in [0.05, 0.1) is 13.7 Å². The largest absolute Gasteiger partial charge is 0.493 e. The normalized spacial score (nSPS) is 20.4. The van der Waals surface area contributed by atoms with Crippen LogP contribution in [-0.4, -0.2) is 123 Å². The van der Waals surface area contributed by atoms with Crippen LogP contribution in [-0.2, 0) is 4.79 Å². The molecule has 0 spiro atoms. The van der Waals surface area contributed by atoms with E-state index in [1.165, 1.54) is 0 Å². The van der Waals surface area contributed by atoms with E-state index in [0.717, 1.165) is 52.4 Å². The summed E-state index contributed by atoms with van der Waals surface area (Å²) in [6, 6.07) is 7.44. The second-order valence-electron chi connectivity index (χ2n) is 7.88. The van der Waals surface area contributed by atoms with Crippen LogP contribution >= 0.6 is 0 Å². The predicted molar refractivity (Wildman–Crippen MR) is 111 cm³/mol. The van der Waals surface area contributed by atoms with Gasteiger partial charge in [0.15, 0.2) is 11.5 Å². The lowest BCUT2D eigenvalue weighted by molar-refractivity contribution is -0.134. The first-order chi connectivity index (χ1) is 14.0. The highest BCUT2D eigenvalue weighted by Crippen LogP contribution is 2.25. The second kappa shape index (κ2) is 10.8. The Labute approximate surface area is 173 Å². The standard InChI is InChI=1S/C21H34N4O4/c1-22-7-13-25(14-8-22)21(27)16-24-11-9-23(10-12-24)15-18(26)17-29-20-6-4-3-5-19(20)28-2/h3-6,18,26H,7-17H2,1-2H3. The number of β-amino-alcohol motifs (C(OH)–C–C–N with tert-alkyl or cyclic N) is 1. The highest BCUT2D eigenvalue weighted by Gasteiger charge is 2.24. The number of ether oxygens (including phenoxy) is 2. The van der Waals surface area contributed by atoms with Gasteiger partial charge >= 0.3 is 0 Å². The number of rotatable bonds is 8. The van der Waals surface area contributed by atoms with E-state index in [4.69, 9.17) is 9.47 Å².